The van der Waals surface area contributed by atoms with Crippen LogP contribution in [0.25, 0.3) is 0 Å². The van der Waals surface area contributed by atoms with Crippen molar-refractivity contribution >= 4 is 43.5 Å². The van der Waals surface area contributed by atoms with E-state index in [1.165, 1.54) is 24.1 Å². The van der Waals surface area contributed by atoms with E-state index in [4.69, 9.17) is 0 Å². The predicted octanol–water partition coefficient (Wildman–Crippen LogP) is 4.42. The van der Waals surface area contributed by atoms with Crippen molar-refractivity contribution in [3.05, 3.63) is 94.0 Å². The normalized spacial score (nSPS) is 12.0. The lowest BCUT2D eigenvalue weighted by atomic mass is 10.1. The van der Waals surface area contributed by atoms with Crippen molar-refractivity contribution in [3.8, 4) is 0 Å². The molecule has 2 amide bonds. The monoisotopic (exact) mass is 571 g/mol. The zero-order chi connectivity index (χ0) is 26.5. The van der Waals surface area contributed by atoms with Crippen LogP contribution in [0.3, 0.4) is 0 Å². The smallest absolute Gasteiger partial charge is 0.264 e. The molecule has 9 heteroatoms. The molecule has 0 aliphatic carbocycles. The zero-order valence-electron chi connectivity index (χ0n) is 20.7. The van der Waals surface area contributed by atoms with E-state index in [0.717, 1.165) is 25.5 Å². The summed E-state index contributed by atoms with van der Waals surface area (Å²) < 4.78 is 29.4. The van der Waals surface area contributed by atoms with Crippen LogP contribution >= 0.6 is 15.9 Å². The van der Waals surface area contributed by atoms with Crippen LogP contribution < -0.4 is 9.62 Å². The van der Waals surface area contributed by atoms with Crippen molar-refractivity contribution in [2.24, 2.45) is 0 Å². The third-order valence-electron chi connectivity index (χ3n) is 6.07. The third-order valence-corrected chi connectivity index (χ3v) is 8.39. The first-order chi connectivity index (χ1) is 17.0. The van der Waals surface area contributed by atoms with Gasteiger partial charge in [-0.25, -0.2) is 8.42 Å². The van der Waals surface area contributed by atoms with Crippen LogP contribution in [0.1, 0.15) is 23.6 Å². The molecule has 190 valence electrons. The second-order valence-corrected chi connectivity index (χ2v) is 11.3. The van der Waals surface area contributed by atoms with Gasteiger partial charge in [0.1, 0.15) is 12.6 Å². The molecule has 0 fully saturated rings. The summed E-state index contributed by atoms with van der Waals surface area (Å²) >= 11 is 3.40. The van der Waals surface area contributed by atoms with E-state index in [2.05, 4.69) is 21.2 Å². The molecule has 0 heterocycles. The van der Waals surface area contributed by atoms with Crippen molar-refractivity contribution < 1.29 is 18.0 Å². The van der Waals surface area contributed by atoms with Gasteiger partial charge in [0.05, 0.1) is 10.6 Å². The lowest BCUT2D eigenvalue weighted by Crippen LogP contribution is -2.50. The van der Waals surface area contributed by atoms with Gasteiger partial charge in [-0.2, -0.15) is 0 Å². The van der Waals surface area contributed by atoms with Gasteiger partial charge in [-0.15, -0.1) is 0 Å². The Bertz CT molecular complexity index is 1330. The molecule has 3 rings (SSSR count). The van der Waals surface area contributed by atoms with Crippen molar-refractivity contribution in [1.29, 1.82) is 0 Å². The number of nitrogens with one attached hydrogen (secondary N) is 1. The number of benzene rings is 3. The SMILES string of the molecule is CNC(=O)[C@@H](C)N(Cc1ccc(Br)cc1)C(=O)CN(c1ccc(C)c(C)c1)S(=O)(=O)c1ccccc1. The maximum atomic E-state index is 13.7. The number of hydrogen-bond acceptors (Lipinski definition) is 4. The molecule has 1 N–H and O–H groups in total. The van der Waals surface area contributed by atoms with Gasteiger partial charge in [-0.1, -0.05) is 52.3 Å². The molecular formula is C27H30BrN3O4S. The first-order valence-electron chi connectivity index (χ1n) is 11.4. The summed E-state index contributed by atoms with van der Waals surface area (Å²) in [5.41, 5.74) is 3.10. The quantitative estimate of drug-likeness (QED) is 0.411. The highest BCUT2D eigenvalue weighted by molar-refractivity contribution is 9.10. The van der Waals surface area contributed by atoms with Gasteiger partial charge >= 0.3 is 0 Å². The molecule has 0 spiro atoms. The minimum absolute atomic E-state index is 0.0786. The summed E-state index contributed by atoms with van der Waals surface area (Å²) in [4.78, 5) is 27.7. The fraction of sp³-hybridized carbons (Fsp3) is 0.259. The van der Waals surface area contributed by atoms with Crippen LogP contribution in [0.2, 0.25) is 0 Å². The fourth-order valence-electron chi connectivity index (χ4n) is 3.71. The fourth-order valence-corrected chi connectivity index (χ4v) is 5.40. The van der Waals surface area contributed by atoms with Crippen molar-refractivity contribution in [1.82, 2.24) is 10.2 Å². The highest BCUT2D eigenvalue weighted by Gasteiger charge is 2.32. The molecule has 0 aliphatic heterocycles. The molecule has 1 atom stereocenters. The van der Waals surface area contributed by atoms with Crippen molar-refractivity contribution in [2.45, 2.75) is 38.3 Å². The molecule has 0 bridgehead atoms. The van der Waals surface area contributed by atoms with Gasteiger partial charge in [0.25, 0.3) is 10.0 Å². The van der Waals surface area contributed by atoms with Crippen LogP contribution in [-0.4, -0.2) is 44.8 Å². The lowest BCUT2D eigenvalue weighted by molar-refractivity contribution is -0.139. The van der Waals surface area contributed by atoms with Gasteiger partial charge in [-0.05, 0) is 73.9 Å². The highest BCUT2D eigenvalue weighted by Crippen LogP contribution is 2.26. The molecule has 0 saturated carbocycles. The number of anilines is 1. The minimum atomic E-state index is -4.06. The molecule has 0 aromatic heterocycles. The topological polar surface area (TPSA) is 86.8 Å². The Morgan fingerprint density at radius 1 is 0.944 bits per heavy atom. The van der Waals surface area contributed by atoms with E-state index in [9.17, 15) is 18.0 Å². The van der Waals surface area contributed by atoms with E-state index >= 15 is 0 Å². The van der Waals surface area contributed by atoms with E-state index in [-0.39, 0.29) is 17.3 Å². The summed E-state index contributed by atoms with van der Waals surface area (Å²) in [5.74, 6) is -0.837. The highest BCUT2D eigenvalue weighted by atomic mass is 79.9. The number of halogens is 1. The first kappa shape index (κ1) is 27.4. The molecule has 3 aromatic rings. The maximum absolute atomic E-state index is 13.7. The number of amides is 2. The van der Waals surface area contributed by atoms with Crippen LogP contribution in [-0.2, 0) is 26.2 Å². The number of likely N-dealkylation sites (N-methyl/N-ethyl adjacent to an activating group) is 1. The Kier molecular flexibility index (Phi) is 8.92. The van der Waals surface area contributed by atoms with E-state index in [1.807, 2.05) is 44.2 Å². The molecule has 36 heavy (non-hydrogen) atoms. The van der Waals surface area contributed by atoms with Gasteiger partial charge in [-0.3, -0.25) is 13.9 Å². The molecule has 7 nitrogen and oxygen atoms in total. The Labute approximate surface area is 221 Å². The second kappa shape index (κ2) is 11.7. The van der Waals surface area contributed by atoms with Crippen molar-refractivity contribution in [3.63, 3.8) is 0 Å². The predicted molar refractivity (Wildman–Crippen MR) is 145 cm³/mol. The van der Waals surface area contributed by atoms with Crippen LogP contribution in [0, 0.1) is 13.8 Å². The molecular weight excluding hydrogens is 542 g/mol. The van der Waals surface area contributed by atoms with Crippen LogP contribution in [0.4, 0.5) is 5.69 Å². The zero-order valence-corrected chi connectivity index (χ0v) is 23.1. The lowest BCUT2D eigenvalue weighted by Gasteiger charge is -2.32. The summed E-state index contributed by atoms with van der Waals surface area (Å²) in [6.07, 6.45) is 0. The van der Waals surface area contributed by atoms with Gasteiger partial charge in [0, 0.05) is 18.1 Å². The largest absolute Gasteiger partial charge is 0.357 e. The summed E-state index contributed by atoms with van der Waals surface area (Å²) in [6.45, 7) is 5.14. The van der Waals surface area contributed by atoms with Crippen molar-refractivity contribution in [2.75, 3.05) is 17.9 Å². The van der Waals surface area contributed by atoms with E-state index in [1.54, 1.807) is 37.3 Å². The summed E-state index contributed by atoms with van der Waals surface area (Å²) in [5, 5.41) is 2.58. The van der Waals surface area contributed by atoms with Gasteiger partial charge < -0.3 is 10.2 Å². The number of hydrogen-bond donors (Lipinski definition) is 1. The standard InChI is InChI=1S/C27H30BrN3O4S/c1-19-10-15-24(16-20(19)2)31(36(34,35)25-8-6-5-7-9-25)18-26(32)30(21(3)27(33)29-4)17-22-11-13-23(28)14-12-22/h5-16,21H,17-18H2,1-4H3,(H,29,33)/t21-/m1/s1. The number of nitrogens with zero attached hydrogens (tertiary/aromatic N) is 2. The summed E-state index contributed by atoms with van der Waals surface area (Å²) in [7, 11) is -2.56. The molecule has 0 aliphatic rings. The maximum Gasteiger partial charge on any atom is 0.264 e. The number of rotatable bonds is 9. The number of sulfonamides is 1. The van der Waals surface area contributed by atoms with E-state index in [0.29, 0.717) is 5.69 Å². The Hall–Kier alpha value is -3.17. The number of aryl methyl sites for hydroxylation is 2. The average molecular weight is 573 g/mol. The molecule has 0 saturated heterocycles. The van der Waals surface area contributed by atoms with Crippen LogP contribution in [0.5, 0.6) is 0 Å². The first-order valence-corrected chi connectivity index (χ1v) is 13.7. The Morgan fingerprint density at radius 2 is 1.58 bits per heavy atom. The van der Waals surface area contributed by atoms with Gasteiger partial charge in [0.2, 0.25) is 11.8 Å². The Balaban J connectivity index is 2.04. The van der Waals surface area contributed by atoms with Crippen LogP contribution in [0.15, 0.2) is 82.2 Å². The minimum Gasteiger partial charge on any atom is -0.357 e. The molecule has 3 aromatic carbocycles. The van der Waals surface area contributed by atoms with E-state index < -0.39 is 28.5 Å². The second-order valence-electron chi connectivity index (χ2n) is 8.53. The third kappa shape index (κ3) is 6.33. The molecule has 0 radical (unpaired) electrons. The summed E-state index contributed by atoms with van der Waals surface area (Å²) in [6, 6.07) is 19.9. The number of carbonyl (C=O) groups excluding carboxylic acids is 2. The van der Waals surface area contributed by atoms with Gasteiger partial charge in [0.15, 0.2) is 0 Å². The number of carbonyl (C=O) groups is 2. The Morgan fingerprint density at radius 3 is 2.17 bits per heavy atom. The average Bonchev–Trinajstić information content (AvgIpc) is 2.88. The molecule has 0 unspecified atom stereocenters.